The molecule has 5 heteroatoms. The molecule has 0 aromatic heterocycles. The SMILES string of the molecule is CC(=O)N1CCCN(C(=O)Nc2c(C)cccc2C(C)C)CC1. The third kappa shape index (κ3) is 4.24. The normalized spacial score (nSPS) is 15.5. The molecule has 0 unspecified atom stereocenters. The predicted octanol–water partition coefficient (Wildman–Crippen LogP) is 3.20. The Balaban J connectivity index is 2.09. The van der Waals surface area contributed by atoms with E-state index in [-0.39, 0.29) is 11.9 Å². The molecule has 1 aromatic carbocycles. The second kappa shape index (κ2) is 7.49. The number of benzene rings is 1. The van der Waals surface area contributed by atoms with Gasteiger partial charge in [0.1, 0.15) is 0 Å². The zero-order chi connectivity index (χ0) is 17.0. The maximum Gasteiger partial charge on any atom is 0.321 e. The van der Waals surface area contributed by atoms with E-state index in [9.17, 15) is 9.59 Å². The summed E-state index contributed by atoms with van der Waals surface area (Å²) in [5.74, 6) is 0.427. The van der Waals surface area contributed by atoms with Gasteiger partial charge in [0.05, 0.1) is 0 Å². The molecule has 0 atom stereocenters. The second-order valence-electron chi connectivity index (χ2n) is 6.47. The first-order chi connectivity index (χ1) is 10.9. The first kappa shape index (κ1) is 17.3. The molecule has 1 fully saturated rings. The molecule has 0 radical (unpaired) electrons. The highest BCUT2D eigenvalue weighted by Gasteiger charge is 2.21. The number of urea groups is 1. The van der Waals surface area contributed by atoms with Crippen LogP contribution in [0.3, 0.4) is 0 Å². The summed E-state index contributed by atoms with van der Waals surface area (Å²) >= 11 is 0. The van der Waals surface area contributed by atoms with Crippen molar-refractivity contribution < 1.29 is 9.59 Å². The fraction of sp³-hybridized carbons (Fsp3) is 0.556. The zero-order valence-corrected chi connectivity index (χ0v) is 14.6. The summed E-state index contributed by atoms with van der Waals surface area (Å²) in [7, 11) is 0. The number of hydrogen-bond acceptors (Lipinski definition) is 2. The van der Waals surface area contributed by atoms with Gasteiger partial charge in [-0.15, -0.1) is 0 Å². The molecule has 0 spiro atoms. The van der Waals surface area contributed by atoms with Gasteiger partial charge in [0.25, 0.3) is 0 Å². The minimum Gasteiger partial charge on any atom is -0.341 e. The number of hydrogen-bond donors (Lipinski definition) is 1. The summed E-state index contributed by atoms with van der Waals surface area (Å²) in [4.78, 5) is 27.7. The molecule has 1 aliphatic heterocycles. The first-order valence-electron chi connectivity index (χ1n) is 8.31. The van der Waals surface area contributed by atoms with Crippen molar-refractivity contribution in [3.8, 4) is 0 Å². The largest absolute Gasteiger partial charge is 0.341 e. The minimum atomic E-state index is -0.0772. The molecule has 2 rings (SSSR count). The third-order valence-corrected chi connectivity index (χ3v) is 4.39. The summed E-state index contributed by atoms with van der Waals surface area (Å²) in [5, 5.41) is 3.09. The van der Waals surface area contributed by atoms with Crippen LogP contribution >= 0.6 is 0 Å². The highest BCUT2D eigenvalue weighted by Crippen LogP contribution is 2.27. The maximum atomic E-state index is 12.6. The van der Waals surface area contributed by atoms with Gasteiger partial charge in [-0.05, 0) is 30.4 Å². The molecule has 3 amide bonds. The van der Waals surface area contributed by atoms with Gasteiger partial charge in [0.2, 0.25) is 5.91 Å². The average Bonchev–Trinajstić information content (AvgIpc) is 2.75. The zero-order valence-electron chi connectivity index (χ0n) is 14.6. The van der Waals surface area contributed by atoms with Crippen molar-refractivity contribution in [3.05, 3.63) is 29.3 Å². The molecule has 126 valence electrons. The molecular formula is C18H27N3O2. The lowest BCUT2D eigenvalue weighted by Crippen LogP contribution is -2.39. The number of nitrogens with zero attached hydrogens (tertiary/aromatic N) is 2. The Morgan fingerprint density at radius 3 is 2.39 bits per heavy atom. The van der Waals surface area contributed by atoms with E-state index in [0.717, 1.165) is 29.8 Å². The number of carbonyl (C=O) groups excluding carboxylic acids is 2. The standard InChI is InChI=1S/C18H27N3O2/c1-13(2)16-8-5-7-14(3)17(16)19-18(23)21-10-6-9-20(11-12-21)15(4)22/h5,7-8,13H,6,9-12H2,1-4H3,(H,19,23). The molecule has 0 saturated carbocycles. The van der Waals surface area contributed by atoms with Crippen molar-refractivity contribution in [3.63, 3.8) is 0 Å². The van der Waals surface area contributed by atoms with Crippen LogP contribution in [0.4, 0.5) is 10.5 Å². The van der Waals surface area contributed by atoms with E-state index in [1.165, 1.54) is 0 Å². The Kier molecular flexibility index (Phi) is 5.64. The summed E-state index contributed by atoms with van der Waals surface area (Å²) in [6.45, 7) is 10.4. The van der Waals surface area contributed by atoms with Gasteiger partial charge in [-0.25, -0.2) is 4.79 Å². The van der Waals surface area contributed by atoms with Crippen LogP contribution in [0.2, 0.25) is 0 Å². The molecule has 1 aromatic rings. The number of carbonyl (C=O) groups is 2. The Labute approximate surface area is 138 Å². The lowest BCUT2D eigenvalue weighted by atomic mass is 9.98. The van der Waals surface area contributed by atoms with E-state index in [0.29, 0.717) is 25.6 Å². The number of amides is 3. The van der Waals surface area contributed by atoms with Gasteiger partial charge in [0, 0.05) is 38.8 Å². The van der Waals surface area contributed by atoms with E-state index in [1.54, 1.807) is 16.7 Å². The predicted molar refractivity (Wildman–Crippen MR) is 92.7 cm³/mol. The van der Waals surface area contributed by atoms with Gasteiger partial charge in [-0.1, -0.05) is 32.0 Å². The molecular weight excluding hydrogens is 290 g/mol. The van der Waals surface area contributed by atoms with Crippen LogP contribution in [-0.2, 0) is 4.79 Å². The van der Waals surface area contributed by atoms with Crippen LogP contribution in [0.25, 0.3) is 0 Å². The molecule has 5 nitrogen and oxygen atoms in total. The maximum absolute atomic E-state index is 12.6. The van der Waals surface area contributed by atoms with E-state index in [4.69, 9.17) is 0 Å². The number of nitrogens with one attached hydrogen (secondary N) is 1. The van der Waals surface area contributed by atoms with E-state index in [1.807, 2.05) is 19.1 Å². The molecule has 0 aliphatic carbocycles. The monoisotopic (exact) mass is 317 g/mol. The summed E-state index contributed by atoms with van der Waals surface area (Å²) < 4.78 is 0. The lowest BCUT2D eigenvalue weighted by molar-refractivity contribution is -0.128. The highest BCUT2D eigenvalue weighted by molar-refractivity contribution is 5.91. The lowest BCUT2D eigenvalue weighted by Gasteiger charge is -2.24. The highest BCUT2D eigenvalue weighted by atomic mass is 16.2. The van der Waals surface area contributed by atoms with Crippen molar-refractivity contribution in [2.45, 2.75) is 40.0 Å². The second-order valence-corrected chi connectivity index (χ2v) is 6.47. The van der Waals surface area contributed by atoms with E-state index in [2.05, 4.69) is 25.2 Å². The van der Waals surface area contributed by atoms with Crippen LogP contribution in [0.5, 0.6) is 0 Å². The topological polar surface area (TPSA) is 52.7 Å². The third-order valence-electron chi connectivity index (χ3n) is 4.39. The number of anilines is 1. The van der Waals surface area contributed by atoms with Crippen molar-refractivity contribution in [2.24, 2.45) is 0 Å². The van der Waals surface area contributed by atoms with E-state index < -0.39 is 0 Å². The van der Waals surface area contributed by atoms with E-state index >= 15 is 0 Å². The van der Waals surface area contributed by atoms with Crippen LogP contribution in [0.15, 0.2) is 18.2 Å². The molecule has 1 heterocycles. The van der Waals surface area contributed by atoms with Crippen molar-refractivity contribution in [1.82, 2.24) is 9.80 Å². The van der Waals surface area contributed by atoms with Crippen molar-refractivity contribution in [2.75, 3.05) is 31.5 Å². The summed E-state index contributed by atoms with van der Waals surface area (Å²) in [6.07, 6.45) is 0.817. The van der Waals surface area contributed by atoms with Crippen LogP contribution in [0.1, 0.15) is 44.2 Å². The average molecular weight is 317 g/mol. The van der Waals surface area contributed by atoms with Crippen LogP contribution in [0, 0.1) is 6.92 Å². The van der Waals surface area contributed by atoms with Gasteiger partial charge < -0.3 is 15.1 Å². The Bertz CT molecular complexity index is 584. The van der Waals surface area contributed by atoms with Crippen LogP contribution < -0.4 is 5.32 Å². The van der Waals surface area contributed by atoms with Gasteiger partial charge in [-0.2, -0.15) is 0 Å². The number of aryl methyl sites for hydroxylation is 1. The first-order valence-corrected chi connectivity index (χ1v) is 8.31. The van der Waals surface area contributed by atoms with Gasteiger partial charge >= 0.3 is 6.03 Å². The Hall–Kier alpha value is -2.04. The summed E-state index contributed by atoms with van der Waals surface area (Å²) in [6, 6.07) is 6.03. The quantitative estimate of drug-likeness (QED) is 0.910. The molecule has 1 N–H and O–H groups in total. The fourth-order valence-corrected chi connectivity index (χ4v) is 2.96. The molecule has 23 heavy (non-hydrogen) atoms. The number of para-hydroxylation sites is 1. The van der Waals surface area contributed by atoms with Gasteiger partial charge in [-0.3, -0.25) is 4.79 Å². The minimum absolute atomic E-state index is 0.0771. The molecule has 1 aliphatic rings. The van der Waals surface area contributed by atoms with Crippen LogP contribution in [-0.4, -0.2) is 47.9 Å². The Morgan fingerprint density at radius 1 is 1.09 bits per heavy atom. The summed E-state index contributed by atoms with van der Waals surface area (Å²) in [5.41, 5.74) is 3.14. The van der Waals surface area contributed by atoms with Crippen molar-refractivity contribution >= 4 is 17.6 Å². The van der Waals surface area contributed by atoms with Gasteiger partial charge in [0.15, 0.2) is 0 Å². The Morgan fingerprint density at radius 2 is 1.74 bits per heavy atom. The smallest absolute Gasteiger partial charge is 0.321 e. The fourth-order valence-electron chi connectivity index (χ4n) is 2.96. The molecule has 0 bridgehead atoms. The molecule has 1 saturated heterocycles. The van der Waals surface area contributed by atoms with Crippen molar-refractivity contribution in [1.29, 1.82) is 0 Å². The number of rotatable bonds is 2.